The Morgan fingerprint density at radius 3 is 2.26 bits per heavy atom. The van der Waals surface area contributed by atoms with Gasteiger partial charge in [-0.05, 0) is 58.9 Å². The number of amides is 1. The van der Waals surface area contributed by atoms with Crippen LogP contribution in [-0.4, -0.2) is 27.0 Å². The second-order valence-corrected chi connectivity index (χ2v) is 12.0. The molecule has 4 rings (SSSR count). The smallest absolute Gasteiger partial charge is 0.267 e. The quantitative estimate of drug-likeness (QED) is 0.496. The van der Waals surface area contributed by atoms with Gasteiger partial charge in [-0.1, -0.05) is 71.0 Å². The van der Waals surface area contributed by atoms with Gasteiger partial charge in [0.15, 0.2) is 6.10 Å². The zero-order chi connectivity index (χ0) is 25.4. The van der Waals surface area contributed by atoms with E-state index in [1.807, 2.05) is 36.4 Å². The molecule has 3 aromatic carbocycles. The minimum absolute atomic E-state index is 0.131. The van der Waals surface area contributed by atoms with Crippen LogP contribution >= 0.6 is 0 Å². The Labute approximate surface area is 208 Å². The Morgan fingerprint density at radius 1 is 1.00 bits per heavy atom. The van der Waals surface area contributed by atoms with E-state index in [1.54, 1.807) is 36.4 Å². The van der Waals surface area contributed by atoms with Gasteiger partial charge in [-0.3, -0.25) is 9.10 Å². The highest BCUT2D eigenvalue weighted by Gasteiger charge is 2.38. The zero-order valence-corrected chi connectivity index (χ0v) is 21.6. The number of benzene rings is 3. The van der Waals surface area contributed by atoms with E-state index >= 15 is 0 Å². The first-order valence-electron chi connectivity index (χ1n) is 11.8. The first-order chi connectivity index (χ1) is 16.5. The van der Waals surface area contributed by atoms with E-state index in [9.17, 15) is 13.2 Å². The van der Waals surface area contributed by atoms with E-state index in [0.717, 1.165) is 5.56 Å². The van der Waals surface area contributed by atoms with Gasteiger partial charge < -0.3 is 10.1 Å². The summed E-state index contributed by atoms with van der Waals surface area (Å²) in [5.74, 6) is 0.341. The molecule has 0 saturated heterocycles. The lowest BCUT2D eigenvalue weighted by Crippen LogP contribution is -2.49. The summed E-state index contributed by atoms with van der Waals surface area (Å²) in [7, 11) is -3.92. The van der Waals surface area contributed by atoms with Crippen molar-refractivity contribution < 1.29 is 17.9 Å². The summed E-state index contributed by atoms with van der Waals surface area (Å²) < 4.78 is 34.7. The monoisotopic (exact) mass is 492 g/mol. The summed E-state index contributed by atoms with van der Waals surface area (Å²) in [5, 5.41) is 2.87. The molecule has 1 atom stereocenters. The second-order valence-electron chi connectivity index (χ2n) is 10.2. The highest BCUT2D eigenvalue weighted by Crippen LogP contribution is 2.40. The molecular weight excluding hydrogens is 460 g/mol. The molecule has 0 aromatic heterocycles. The van der Waals surface area contributed by atoms with Crippen LogP contribution in [0.3, 0.4) is 0 Å². The maximum atomic E-state index is 13.7. The van der Waals surface area contributed by atoms with Crippen LogP contribution in [0, 0.1) is 0 Å². The van der Waals surface area contributed by atoms with Crippen LogP contribution in [0.15, 0.2) is 77.7 Å². The van der Waals surface area contributed by atoms with E-state index in [-0.39, 0.29) is 16.9 Å². The van der Waals surface area contributed by atoms with Crippen molar-refractivity contribution in [2.45, 2.75) is 57.0 Å². The Morgan fingerprint density at radius 2 is 1.66 bits per heavy atom. The fourth-order valence-corrected chi connectivity index (χ4v) is 5.46. The number of nitrogens with one attached hydrogen (secondary N) is 1. The molecule has 0 unspecified atom stereocenters. The van der Waals surface area contributed by atoms with Crippen LogP contribution in [0.25, 0.3) is 0 Å². The average Bonchev–Trinajstić information content (AvgIpc) is 2.83. The minimum Gasteiger partial charge on any atom is -0.476 e. The molecule has 0 saturated carbocycles. The van der Waals surface area contributed by atoms with Gasteiger partial charge in [0.05, 0.1) is 17.1 Å². The zero-order valence-electron chi connectivity index (χ0n) is 20.8. The molecule has 1 amide bonds. The summed E-state index contributed by atoms with van der Waals surface area (Å²) in [4.78, 5) is 13.3. The van der Waals surface area contributed by atoms with Crippen molar-refractivity contribution in [1.82, 2.24) is 0 Å². The molecule has 1 aliphatic heterocycles. The molecule has 0 spiro atoms. The Hall–Kier alpha value is -3.32. The van der Waals surface area contributed by atoms with Crippen molar-refractivity contribution in [3.05, 3.63) is 83.9 Å². The van der Waals surface area contributed by atoms with Crippen LogP contribution < -0.4 is 14.4 Å². The standard InChI is InChI=1S/C28H32N2O4S/c1-19(2)20-11-14-22(15-12-20)29-27(31)26-18-30(35(32,33)23-9-7-6-8-10-23)24-17-21(28(3,4)5)13-16-25(24)34-26/h6-17,19,26H,18H2,1-5H3,(H,29,31)/t26-/m1/s1. The number of fused-ring (bicyclic) bond motifs is 1. The third-order valence-electron chi connectivity index (χ3n) is 6.16. The van der Waals surface area contributed by atoms with Gasteiger partial charge >= 0.3 is 0 Å². The van der Waals surface area contributed by atoms with Crippen molar-refractivity contribution in [1.29, 1.82) is 0 Å². The third-order valence-corrected chi connectivity index (χ3v) is 7.96. The summed E-state index contributed by atoms with van der Waals surface area (Å²) in [5.41, 5.74) is 3.02. The molecule has 0 aliphatic carbocycles. The molecular formula is C28H32N2O4S. The summed E-state index contributed by atoms with van der Waals surface area (Å²) in [6.45, 7) is 10.3. The van der Waals surface area contributed by atoms with E-state index in [4.69, 9.17) is 4.74 Å². The summed E-state index contributed by atoms with van der Waals surface area (Å²) in [6, 6.07) is 21.4. The van der Waals surface area contributed by atoms with E-state index in [1.165, 1.54) is 9.87 Å². The molecule has 3 aromatic rings. The van der Waals surface area contributed by atoms with Crippen molar-refractivity contribution >= 4 is 27.3 Å². The first kappa shape index (κ1) is 24.8. The lowest BCUT2D eigenvalue weighted by molar-refractivity contribution is -0.122. The van der Waals surface area contributed by atoms with Crippen molar-refractivity contribution in [2.75, 3.05) is 16.2 Å². The number of rotatable bonds is 5. The second kappa shape index (κ2) is 9.38. The molecule has 6 nitrogen and oxygen atoms in total. The van der Waals surface area contributed by atoms with Crippen molar-refractivity contribution in [3.63, 3.8) is 0 Å². The molecule has 1 aliphatic rings. The largest absolute Gasteiger partial charge is 0.476 e. The van der Waals surface area contributed by atoms with Gasteiger partial charge in [-0.15, -0.1) is 0 Å². The highest BCUT2D eigenvalue weighted by atomic mass is 32.2. The minimum atomic E-state index is -3.92. The van der Waals surface area contributed by atoms with Crippen molar-refractivity contribution in [3.8, 4) is 5.75 Å². The van der Waals surface area contributed by atoms with Gasteiger partial charge in [-0.2, -0.15) is 0 Å². The van der Waals surface area contributed by atoms with Crippen molar-refractivity contribution in [2.24, 2.45) is 0 Å². The third kappa shape index (κ3) is 5.20. The summed E-state index contributed by atoms with van der Waals surface area (Å²) in [6.07, 6.45) is -1.01. The molecule has 0 fully saturated rings. The molecule has 0 bridgehead atoms. The Bertz CT molecular complexity index is 1310. The number of carbonyl (C=O) groups excluding carboxylic acids is 1. The molecule has 1 N–H and O–H groups in total. The first-order valence-corrected chi connectivity index (χ1v) is 13.2. The number of anilines is 2. The Balaban J connectivity index is 1.69. The van der Waals surface area contributed by atoms with Gasteiger partial charge in [-0.25, -0.2) is 8.42 Å². The fraction of sp³-hybridized carbons (Fsp3) is 0.321. The average molecular weight is 493 g/mol. The van der Waals surface area contributed by atoms with Crippen LogP contribution in [-0.2, 0) is 20.2 Å². The van der Waals surface area contributed by atoms with Gasteiger partial charge in [0.2, 0.25) is 0 Å². The van der Waals surface area contributed by atoms with Gasteiger partial charge in [0.1, 0.15) is 5.75 Å². The number of hydrogen-bond acceptors (Lipinski definition) is 4. The van der Waals surface area contributed by atoms with Gasteiger partial charge in [0.25, 0.3) is 15.9 Å². The predicted octanol–water partition coefficient (Wildman–Crippen LogP) is 5.70. The van der Waals surface area contributed by atoms with Crippen LogP contribution in [0.1, 0.15) is 51.7 Å². The number of sulfonamides is 1. The van der Waals surface area contributed by atoms with E-state index in [0.29, 0.717) is 23.0 Å². The Kier molecular flexibility index (Phi) is 6.64. The number of ether oxygens (including phenoxy) is 1. The lowest BCUT2D eigenvalue weighted by atomic mass is 9.86. The normalized spacial score (nSPS) is 15.9. The fourth-order valence-electron chi connectivity index (χ4n) is 3.98. The highest BCUT2D eigenvalue weighted by molar-refractivity contribution is 7.92. The topological polar surface area (TPSA) is 75.7 Å². The summed E-state index contributed by atoms with van der Waals surface area (Å²) >= 11 is 0. The number of nitrogens with zero attached hydrogens (tertiary/aromatic N) is 1. The molecule has 0 radical (unpaired) electrons. The van der Waals surface area contributed by atoms with Crippen LogP contribution in [0.2, 0.25) is 0 Å². The van der Waals surface area contributed by atoms with E-state index in [2.05, 4.69) is 39.9 Å². The maximum absolute atomic E-state index is 13.7. The van der Waals surface area contributed by atoms with E-state index < -0.39 is 22.0 Å². The number of carbonyl (C=O) groups is 1. The van der Waals surface area contributed by atoms with Gasteiger partial charge in [0, 0.05) is 5.69 Å². The molecule has 184 valence electrons. The predicted molar refractivity (Wildman–Crippen MR) is 140 cm³/mol. The number of hydrogen-bond donors (Lipinski definition) is 1. The van der Waals surface area contributed by atoms with Crippen LogP contribution in [0.4, 0.5) is 11.4 Å². The lowest BCUT2D eigenvalue weighted by Gasteiger charge is -2.36. The van der Waals surface area contributed by atoms with Crippen LogP contribution in [0.5, 0.6) is 5.75 Å². The molecule has 35 heavy (non-hydrogen) atoms. The molecule has 1 heterocycles. The SMILES string of the molecule is CC(C)c1ccc(NC(=O)[C@H]2CN(S(=O)(=O)c3ccccc3)c3cc(C(C)(C)C)ccc3O2)cc1. The molecule has 7 heteroatoms. The maximum Gasteiger partial charge on any atom is 0.267 e.